The minimum atomic E-state index is -0.0278. The highest BCUT2D eigenvalue weighted by atomic mass is 16.5. The summed E-state index contributed by atoms with van der Waals surface area (Å²) in [5.74, 6) is 1.29. The van der Waals surface area contributed by atoms with Gasteiger partial charge in [-0.15, -0.1) is 0 Å². The minimum absolute atomic E-state index is 0.00375. The molecular weight excluding hydrogens is 578 g/mol. The van der Waals surface area contributed by atoms with Gasteiger partial charge in [0, 0.05) is 32.6 Å². The Kier molecular flexibility index (Phi) is 34.2. The molecule has 0 aliphatic carbocycles. The van der Waals surface area contributed by atoms with Gasteiger partial charge in [-0.3, -0.25) is 9.59 Å². The van der Waals surface area contributed by atoms with Crippen molar-refractivity contribution in [2.45, 2.75) is 188 Å². The number of ether oxygens (including phenoxy) is 4. The Morgan fingerprint density at radius 1 is 0.478 bits per heavy atom. The molecule has 0 saturated heterocycles. The van der Waals surface area contributed by atoms with Crippen LogP contribution >= 0.6 is 0 Å². The Morgan fingerprint density at radius 3 is 1.24 bits per heavy atom. The highest BCUT2D eigenvalue weighted by molar-refractivity contribution is 5.69. The van der Waals surface area contributed by atoms with Crippen molar-refractivity contribution in [1.29, 1.82) is 0 Å². The first-order valence-electron chi connectivity index (χ1n) is 19.6. The Bertz CT molecular complexity index is 656. The zero-order valence-corrected chi connectivity index (χ0v) is 31.0. The predicted molar refractivity (Wildman–Crippen MR) is 192 cm³/mol. The summed E-state index contributed by atoms with van der Waals surface area (Å²) in [5, 5.41) is 0. The van der Waals surface area contributed by atoms with Gasteiger partial charge >= 0.3 is 11.9 Å². The third kappa shape index (κ3) is 35.7. The lowest BCUT2D eigenvalue weighted by atomic mass is 10.1. The lowest BCUT2D eigenvalue weighted by Crippen LogP contribution is -2.29. The van der Waals surface area contributed by atoms with Gasteiger partial charge in [-0.2, -0.15) is 0 Å². The van der Waals surface area contributed by atoms with Crippen LogP contribution in [-0.4, -0.2) is 57.6 Å². The van der Waals surface area contributed by atoms with Gasteiger partial charge in [-0.05, 0) is 63.2 Å². The Labute approximate surface area is 285 Å². The van der Waals surface area contributed by atoms with Crippen LogP contribution in [0, 0.1) is 11.8 Å². The second-order valence-electron chi connectivity index (χ2n) is 14.2. The van der Waals surface area contributed by atoms with Crippen molar-refractivity contribution in [3.63, 3.8) is 0 Å². The molecule has 0 aromatic heterocycles. The molecule has 1 atom stereocenters. The maximum absolute atomic E-state index is 11.7. The number of rotatable bonds is 36. The molecule has 0 aliphatic heterocycles. The normalized spacial score (nSPS) is 12.2. The maximum atomic E-state index is 11.7. The Balaban J connectivity index is 3.36. The molecule has 0 rings (SSSR count). The zero-order chi connectivity index (χ0) is 33.9. The van der Waals surface area contributed by atoms with Crippen LogP contribution < -0.4 is 5.73 Å². The summed E-state index contributed by atoms with van der Waals surface area (Å²) in [6.45, 7) is 12.6. The molecule has 0 saturated carbocycles. The third-order valence-electron chi connectivity index (χ3n) is 8.49. The van der Waals surface area contributed by atoms with E-state index in [1.54, 1.807) is 0 Å². The summed E-state index contributed by atoms with van der Waals surface area (Å²) < 4.78 is 22.4. The fourth-order valence-corrected chi connectivity index (χ4v) is 5.47. The summed E-state index contributed by atoms with van der Waals surface area (Å²) in [6.07, 6.45) is 26.7. The van der Waals surface area contributed by atoms with Crippen molar-refractivity contribution in [3.05, 3.63) is 0 Å². The third-order valence-corrected chi connectivity index (χ3v) is 8.49. The van der Waals surface area contributed by atoms with E-state index in [1.807, 2.05) is 0 Å². The van der Waals surface area contributed by atoms with Crippen LogP contribution in [0.25, 0.3) is 0 Å². The van der Waals surface area contributed by atoms with Crippen LogP contribution in [-0.2, 0) is 28.5 Å². The molecule has 1 unspecified atom stereocenters. The van der Waals surface area contributed by atoms with Crippen LogP contribution in [0.4, 0.5) is 0 Å². The molecule has 274 valence electrons. The fourth-order valence-electron chi connectivity index (χ4n) is 5.47. The summed E-state index contributed by atoms with van der Waals surface area (Å²) in [5.41, 5.74) is 5.89. The summed E-state index contributed by atoms with van der Waals surface area (Å²) >= 11 is 0. The van der Waals surface area contributed by atoms with Gasteiger partial charge in [0.25, 0.3) is 0 Å². The fraction of sp³-hybridized carbons (Fsp3) is 0.949. The van der Waals surface area contributed by atoms with Crippen molar-refractivity contribution < 1.29 is 28.5 Å². The average Bonchev–Trinajstić information content (AvgIpc) is 3.02. The quantitative estimate of drug-likeness (QED) is 0.0530. The second-order valence-corrected chi connectivity index (χ2v) is 14.2. The highest BCUT2D eigenvalue weighted by Crippen LogP contribution is 2.13. The summed E-state index contributed by atoms with van der Waals surface area (Å²) in [7, 11) is 0. The van der Waals surface area contributed by atoms with Gasteiger partial charge in [0.1, 0.15) is 0 Å². The van der Waals surface area contributed by atoms with Crippen LogP contribution in [0.2, 0.25) is 0 Å². The molecule has 0 radical (unpaired) electrons. The predicted octanol–water partition coefficient (Wildman–Crippen LogP) is 10.1. The first-order valence-corrected chi connectivity index (χ1v) is 19.6. The molecular formula is C39H77NO6. The molecule has 0 bridgehead atoms. The van der Waals surface area contributed by atoms with E-state index in [0.717, 1.165) is 77.4 Å². The van der Waals surface area contributed by atoms with E-state index in [0.29, 0.717) is 51.0 Å². The molecule has 0 spiro atoms. The van der Waals surface area contributed by atoms with Crippen LogP contribution in [0.1, 0.15) is 182 Å². The molecule has 7 heteroatoms. The van der Waals surface area contributed by atoms with E-state index in [-0.39, 0.29) is 18.0 Å². The number of nitrogens with two attached hydrogens (primary N) is 1. The molecule has 0 heterocycles. The monoisotopic (exact) mass is 656 g/mol. The number of esters is 2. The van der Waals surface area contributed by atoms with Gasteiger partial charge in [0.15, 0.2) is 0 Å². The smallest absolute Gasteiger partial charge is 0.305 e. The van der Waals surface area contributed by atoms with Crippen molar-refractivity contribution in [3.8, 4) is 0 Å². The SMILES string of the molecule is CC(C)CCCOC(=O)CCCCCCCCCCCOCC(CN)OCCCCCCCCCCCC(=O)OCCCC(C)C. The molecule has 0 aromatic carbocycles. The topological polar surface area (TPSA) is 97.1 Å². The molecule has 46 heavy (non-hydrogen) atoms. The molecule has 0 aromatic rings. The van der Waals surface area contributed by atoms with Crippen molar-refractivity contribution in [2.24, 2.45) is 17.6 Å². The summed E-state index contributed by atoms with van der Waals surface area (Å²) in [6, 6.07) is 0. The minimum Gasteiger partial charge on any atom is -0.466 e. The summed E-state index contributed by atoms with van der Waals surface area (Å²) in [4.78, 5) is 23.5. The van der Waals surface area contributed by atoms with Gasteiger partial charge < -0.3 is 24.7 Å². The number of hydrogen-bond acceptors (Lipinski definition) is 7. The first kappa shape index (κ1) is 44.8. The zero-order valence-electron chi connectivity index (χ0n) is 31.0. The first-order chi connectivity index (χ1) is 22.3. The largest absolute Gasteiger partial charge is 0.466 e. The van der Waals surface area contributed by atoms with Gasteiger partial charge in [0.2, 0.25) is 0 Å². The maximum Gasteiger partial charge on any atom is 0.305 e. The second kappa shape index (κ2) is 35.1. The van der Waals surface area contributed by atoms with Crippen molar-refractivity contribution in [1.82, 2.24) is 0 Å². The Morgan fingerprint density at radius 2 is 0.848 bits per heavy atom. The number of carbonyl (C=O) groups is 2. The molecule has 7 nitrogen and oxygen atoms in total. The number of unbranched alkanes of at least 4 members (excludes halogenated alkanes) is 16. The van der Waals surface area contributed by atoms with Crippen LogP contribution in [0.15, 0.2) is 0 Å². The molecule has 0 fully saturated rings. The van der Waals surface area contributed by atoms with E-state index in [1.165, 1.54) is 77.0 Å². The van der Waals surface area contributed by atoms with E-state index >= 15 is 0 Å². The number of hydrogen-bond donors (Lipinski definition) is 1. The standard InChI is InChI=1S/C39H77NO6/c1-35(2)25-23-31-45-38(41)27-19-15-11-7-5-9-13-17-21-29-43-34-37(33-40)44-30-22-18-14-10-6-8-12-16-20-28-39(42)46-32-24-26-36(3)4/h35-37H,5-34,40H2,1-4H3. The van der Waals surface area contributed by atoms with Gasteiger partial charge in [-0.1, -0.05) is 118 Å². The van der Waals surface area contributed by atoms with Crippen LogP contribution in [0.3, 0.4) is 0 Å². The molecule has 0 amide bonds. The van der Waals surface area contributed by atoms with Crippen LogP contribution in [0.5, 0.6) is 0 Å². The molecule has 2 N–H and O–H groups in total. The van der Waals surface area contributed by atoms with E-state index < -0.39 is 0 Å². The molecule has 0 aliphatic rings. The van der Waals surface area contributed by atoms with Gasteiger partial charge in [-0.25, -0.2) is 0 Å². The highest BCUT2D eigenvalue weighted by Gasteiger charge is 2.08. The average molecular weight is 656 g/mol. The van der Waals surface area contributed by atoms with E-state index in [4.69, 9.17) is 24.7 Å². The van der Waals surface area contributed by atoms with Crippen molar-refractivity contribution >= 4 is 11.9 Å². The van der Waals surface area contributed by atoms with E-state index in [2.05, 4.69) is 27.7 Å². The van der Waals surface area contributed by atoms with E-state index in [9.17, 15) is 9.59 Å². The van der Waals surface area contributed by atoms with Gasteiger partial charge in [0.05, 0.1) is 25.9 Å². The lowest BCUT2D eigenvalue weighted by Gasteiger charge is -2.16. The lowest BCUT2D eigenvalue weighted by molar-refractivity contribution is -0.144. The number of carbonyl (C=O) groups excluding carboxylic acids is 2. The Hall–Kier alpha value is -1.18. The van der Waals surface area contributed by atoms with Crippen molar-refractivity contribution in [2.75, 3.05) is 39.6 Å².